The largest absolute Gasteiger partial charge is 0.508 e. The number of hydrogen-bond acceptors (Lipinski definition) is 5. The summed E-state index contributed by atoms with van der Waals surface area (Å²) in [5.41, 5.74) is 7.56. The fourth-order valence-corrected chi connectivity index (χ4v) is 1.89. The number of aryl methyl sites for hydroxylation is 2. The van der Waals surface area contributed by atoms with Crippen molar-refractivity contribution in [3.05, 3.63) is 47.2 Å². The number of hydrogen-bond donors (Lipinski definition) is 3. The summed E-state index contributed by atoms with van der Waals surface area (Å²) >= 11 is 0. The van der Waals surface area contributed by atoms with Gasteiger partial charge in [-0.3, -0.25) is 4.79 Å². The van der Waals surface area contributed by atoms with Crippen LogP contribution in [-0.4, -0.2) is 22.0 Å². The highest BCUT2D eigenvalue weighted by Crippen LogP contribution is 2.11. The monoisotopic (exact) mass is 289 g/mol. The molecule has 21 heavy (non-hydrogen) atoms. The van der Waals surface area contributed by atoms with E-state index in [4.69, 9.17) is 10.2 Å². The zero-order valence-electron chi connectivity index (χ0n) is 12.1. The van der Waals surface area contributed by atoms with Gasteiger partial charge in [0.25, 0.3) is 0 Å². The SMILES string of the molecule is Cc1nc(CNC(=O)[C@H](N)Cc2ccc(O)cc2)oc1C. The quantitative estimate of drug-likeness (QED) is 0.767. The highest BCUT2D eigenvalue weighted by atomic mass is 16.4. The Labute approximate surface area is 123 Å². The van der Waals surface area contributed by atoms with Crippen LogP contribution in [0.25, 0.3) is 0 Å². The lowest BCUT2D eigenvalue weighted by Crippen LogP contribution is -2.41. The van der Waals surface area contributed by atoms with Crippen LogP contribution in [0.3, 0.4) is 0 Å². The molecule has 0 saturated heterocycles. The van der Waals surface area contributed by atoms with Gasteiger partial charge in [0.05, 0.1) is 18.3 Å². The van der Waals surface area contributed by atoms with Gasteiger partial charge in [0.15, 0.2) is 0 Å². The van der Waals surface area contributed by atoms with E-state index in [1.807, 2.05) is 13.8 Å². The lowest BCUT2D eigenvalue weighted by molar-refractivity contribution is -0.122. The number of oxazole rings is 1. The minimum Gasteiger partial charge on any atom is -0.508 e. The van der Waals surface area contributed by atoms with E-state index in [1.165, 1.54) is 0 Å². The van der Waals surface area contributed by atoms with Crippen molar-refractivity contribution in [3.63, 3.8) is 0 Å². The van der Waals surface area contributed by atoms with Crippen molar-refractivity contribution < 1.29 is 14.3 Å². The van der Waals surface area contributed by atoms with Gasteiger partial charge in [0.2, 0.25) is 11.8 Å². The summed E-state index contributed by atoms with van der Waals surface area (Å²) in [5.74, 6) is 1.13. The van der Waals surface area contributed by atoms with Crippen molar-refractivity contribution in [3.8, 4) is 5.75 Å². The molecule has 2 rings (SSSR count). The van der Waals surface area contributed by atoms with Crippen molar-refractivity contribution in [2.45, 2.75) is 32.9 Å². The molecule has 0 aliphatic rings. The third kappa shape index (κ3) is 4.06. The predicted molar refractivity (Wildman–Crippen MR) is 77.6 cm³/mol. The molecule has 1 aromatic heterocycles. The van der Waals surface area contributed by atoms with Gasteiger partial charge in [-0.1, -0.05) is 12.1 Å². The van der Waals surface area contributed by atoms with Gasteiger partial charge >= 0.3 is 0 Å². The summed E-state index contributed by atoms with van der Waals surface area (Å²) in [6.45, 7) is 3.89. The van der Waals surface area contributed by atoms with Crippen molar-refractivity contribution in [1.29, 1.82) is 0 Å². The summed E-state index contributed by atoms with van der Waals surface area (Å²) < 4.78 is 5.38. The molecule has 4 N–H and O–H groups in total. The second kappa shape index (κ2) is 6.41. The summed E-state index contributed by atoms with van der Waals surface area (Å²) in [5, 5.41) is 11.9. The molecule has 6 heteroatoms. The van der Waals surface area contributed by atoms with Gasteiger partial charge in [0.1, 0.15) is 11.5 Å². The van der Waals surface area contributed by atoms with Crippen LogP contribution >= 0.6 is 0 Å². The standard InChI is InChI=1S/C15H19N3O3/c1-9-10(2)21-14(18-9)8-17-15(20)13(16)7-11-3-5-12(19)6-4-11/h3-6,13,19H,7-8,16H2,1-2H3,(H,17,20)/t13-/m1/s1. The van der Waals surface area contributed by atoms with Gasteiger partial charge in [-0.05, 0) is 38.0 Å². The van der Waals surface area contributed by atoms with E-state index in [0.717, 1.165) is 17.0 Å². The second-order valence-corrected chi connectivity index (χ2v) is 4.94. The Morgan fingerprint density at radius 2 is 2.05 bits per heavy atom. The average Bonchev–Trinajstić information content (AvgIpc) is 2.77. The van der Waals surface area contributed by atoms with Crippen molar-refractivity contribution in [2.24, 2.45) is 5.73 Å². The number of nitrogens with one attached hydrogen (secondary N) is 1. The number of carbonyl (C=O) groups is 1. The number of rotatable bonds is 5. The molecular formula is C15H19N3O3. The topological polar surface area (TPSA) is 101 Å². The number of aromatic nitrogens is 1. The Morgan fingerprint density at radius 1 is 1.38 bits per heavy atom. The number of carbonyl (C=O) groups excluding carboxylic acids is 1. The first-order chi connectivity index (χ1) is 9.95. The molecule has 0 aliphatic carbocycles. The maximum Gasteiger partial charge on any atom is 0.237 e. The fraction of sp³-hybridized carbons (Fsp3) is 0.333. The van der Waals surface area contributed by atoms with Crippen LogP contribution in [0, 0.1) is 13.8 Å². The van der Waals surface area contributed by atoms with E-state index in [1.54, 1.807) is 24.3 Å². The lowest BCUT2D eigenvalue weighted by atomic mass is 10.1. The van der Waals surface area contributed by atoms with Gasteiger partial charge in [-0.25, -0.2) is 4.98 Å². The first-order valence-electron chi connectivity index (χ1n) is 6.70. The van der Waals surface area contributed by atoms with E-state index < -0.39 is 6.04 Å². The van der Waals surface area contributed by atoms with Crippen LogP contribution < -0.4 is 11.1 Å². The van der Waals surface area contributed by atoms with Crippen LogP contribution in [-0.2, 0) is 17.8 Å². The molecule has 1 amide bonds. The predicted octanol–water partition coefficient (Wildman–Crippen LogP) is 1.18. The van der Waals surface area contributed by atoms with Crippen molar-refractivity contribution >= 4 is 5.91 Å². The molecule has 6 nitrogen and oxygen atoms in total. The van der Waals surface area contributed by atoms with Crippen molar-refractivity contribution in [1.82, 2.24) is 10.3 Å². The molecule has 1 atom stereocenters. The normalized spacial score (nSPS) is 12.1. The fourth-order valence-electron chi connectivity index (χ4n) is 1.89. The highest BCUT2D eigenvalue weighted by Gasteiger charge is 2.15. The molecule has 0 saturated carbocycles. The second-order valence-electron chi connectivity index (χ2n) is 4.94. The Kier molecular flexibility index (Phi) is 4.59. The molecule has 0 unspecified atom stereocenters. The lowest BCUT2D eigenvalue weighted by Gasteiger charge is -2.11. The van der Waals surface area contributed by atoms with E-state index in [2.05, 4.69) is 10.3 Å². The number of benzene rings is 1. The molecular weight excluding hydrogens is 270 g/mol. The summed E-state index contributed by atoms with van der Waals surface area (Å²) in [7, 11) is 0. The molecule has 0 fully saturated rings. The smallest absolute Gasteiger partial charge is 0.237 e. The van der Waals surface area contributed by atoms with E-state index >= 15 is 0 Å². The molecule has 1 aromatic carbocycles. The van der Waals surface area contributed by atoms with Crippen LogP contribution in [0.5, 0.6) is 5.75 Å². The third-order valence-corrected chi connectivity index (χ3v) is 3.22. The van der Waals surface area contributed by atoms with Gasteiger partial charge < -0.3 is 20.6 Å². The summed E-state index contributed by atoms with van der Waals surface area (Å²) in [6.07, 6.45) is 0.399. The van der Waals surface area contributed by atoms with Gasteiger partial charge in [-0.15, -0.1) is 0 Å². The zero-order valence-corrected chi connectivity index (χ0v) is 12.1. The number of amides is 1. The average molecular weight is 289 g/mol. The van der Waals surface area contributed by atoms with Crippen LogP contribution in [0.1, 0.15) is 22.9 Å². The molecule has 2 aromatic rings. The number of nitrogens with zero attached hydrogens (tertiary/aromatic N) is 1. The Bertz CT molecular complexity index is 600. The van der Waals surface area contributed by atoms with Crippen LogP contribution in [0.2, 0.25) is 0 Å². The third-order valence-electron chi connectivity index (χ3n) is 3.22. The molecule has 1 heterocycles. The highest BCUT2D eigenvalue weighted by molar-refractivity contribution is 5.81. The molecule has 0 radical (unpaired) electrons. The number of nitrogens with two attached hydrogens (primary N) is 1. The van der Waals surface area contributed by atoms with E-state index in [9.17, 15) is 9.90 Å². The first kappa shape index (κ1) is 15.1. The van der Waals surface area contributed by atoms with E-state index in [-0.39, 0.29) is 18.2 Å². The molecule has 0 aliphatic heterocycles. The maximum atomic E-state index is 11.9. The molecule has 112 valence electrons. The molecule has 0 spiro atoms. The van der Waals surface area contributed by atoms with Crippen LogP contribution in [0.4, 0.5) is 0 Å². The summed E-state index contributed by atoms with van der Waals surface area (Å²) in [4.78, 5) is 16.1. The summed E-state index contributed by atoms with van der Waals surface area (Å²) in [6, 6.07) is 5.95. The Morgan fingerprint density at radius 3 is 2.62 bits per heavy atom. The Hall–Kier alpha value is -2.34. The van der Waals surface area contributed by atoms with Crippen LogP contribution in [0.15, 0.2) is 28.7 Å². The minimum absolute atomic E-state index is 0.186. The number of phenols is 1. The minimum atomic E-state index is -0.660. The van der Waals surface area contributed by atoms with Gasteiger partial charge in [0, 0.05) is 0 Å². The Balaban J connectivity index is 1.86. The van der Waals surface area contributed by atoms with Gasteiger partial charge in [-0.2, -0.15) is 0 Å². The van der Waals surface area contributed by atoms with E-state index in [0.29, 0.717) is 12.3 Å². The van der Waals surface area contributed by atoms with Crippen molar-refractivity contribution in [2.75, 3.05) is 0 Å². The number of aromatic hydroxyl groups is 1. The number of phenolic OH excluding ortho intramolecular Hbond substituents is 1. The molecule has 0 bridgehead atoms. The zero-order chi connectivity index (χ0) is 15.4. The first-order valence-corrected chi connectivity index (χ1v) is 6.70. The maximum absolute atomic E-state index is 11.9.